The Bertz CT molecular complexity index is 893. The van der Waals surface area contributed by atoms with E-state index in [1.54, 1.807) is 6.92 Å². The predicted molar refractivity (Wildman–Crippen MR) is 150 cm³/mol. The maximum Gasteiger partial charge on any atom is 0.220 e. The molecule has 0 aliphatic rings. The van der Waals surface area contributed by atoms with Crippen LogP contribution in [-0.4, -0.2) is 17.4 Å². The lowest BCUT2D eigenvalue weighted by atomic mass is 10.1. The third-order valence-corrected chi connectivity index (χ3v) is 7.13. The molecule has 6 heteroatoms. The number of hydrogen-bond donors (Lipinski definition) is 0. The highest BCUT2D eigenvalue weighted by molar-refractivity contribution is 6.32. The summed E-state index contributed by atoms with van der Waals surface area (Å²) in [6.07, 6.45) is 17.9. The van der Waals surface area contributed by atoms with E-state index in [0.29, 0.717) is 30.5 Å². The molecular formula is C31H48ClIN2O2. The number of aryl methyl sites for hydroxylation is 1. The van der Waals surface area contributed by atoms with Crippen molar-refractivity contribution in [3.8, 4) is 5.75 Å². The van der Waals surface area contributed by atoms with Crippen LogP contribution >= 0.6 is 11.6 Å². The number of halogens is 2. The molecule has 37 heavy (non-hydrogen) atoms. The van der Waals surface area contributed by atoms with Crippen molar-refractivity contribution >= 4 is 17.5 Å². The quantitative estimate of drug-likeness (QED) is 0.119. The lowest BCUT2D eigenvalue weighted by Gasteiger charge is -2.22. The number of amides is 1. The Balaban J connectivity index is 0.00000684. The summed E-state index contributed by atoms with van der Waals surface area (Å²) >= 11 is 6.52. The molecule has 4 nitrogen and oxygen atoms in total. The normalized spacial score (nSPS) is 10.7. The van der Waals surface area contributed by atoms with Crippen LogP contribution in [0.2, 0.25) is 5.02 Å². The zero-order valence-electron chi connectivity index (χ0n) is 23.3. The predicted octanol–water partition coefficient (Wildman–Crippen LogP) is 5.28. The van der Waals surface area contributed by atoms with Crippen molar-refractivity contribution < 1.29 is 38.1 Å². The molecule has 0 radical (unpaired) electrons. The summed E-state index contributed by atoms with van der Waals surface area (Å²) in [7, 11) is 0. The van der Waals surface area contributed by atoms with E-state index in [1.807, 2.05) is 35.2 Å². The van der Waals surface area contributed by atoms with E-state index < -0.39 is 0 Å². The highest BCUT2D eigenvalue weighted by Crippen LogP contribution is 2.30. The van der Waals surface area contributed by atoms with Crippen LogP contribution in [0.15, 0.2) is 42.6 Å². The Morgan fingerprint density at radius 1 is 0.838 bits per heavy atom. The fraction of sp³-hybridized carbons (Fsp3) is 0.613. The molecule has 1 heterocycles. The summed E-state index contributed by atoms with van der Waals surface area (Å²) in [6, 6.07) is 11.9. The van der Waals surface area contributed by atoms with Gasteiger partial charge in [-0.2, -0.15) is 0 Å². The Morgan fingerprint density at radius 3 is 2.05 bits per heavy atom. The summed E-state index contributed by atoms with van der Waals surface area (Å²) in [4.78, 5) is 14.3. The molecule has 0 unspecified atom stereocenters. The number of hydrogen-bond acceptors (Lipinski definition) is 2. The molecule has 0 saturated heterocycles. The van der Waals surface area contributed by atoms with Crippen molar-refractivity contribution in [2.24, 2.45) is 0 Å². The molecule has 0 N–H and O–H groups in total. The molecule has 0 saturated carbocycles. The summed E-state index contributed by atoms with van der Waals surface area (Å²) < 4.78 is 8.33. The van der Waals surface area contributed by atoms with Crippen molar-refractivity contribution in [3.63, 3.8) is 0 Å². The SMILES string of the molecule is CCCCCCCCCCCCCCOc1c(Cl)cccc1CN(Cc1cccc[n+]1CC)C(C)=O.[I-]. The van der Waals surface area contributed by atoms with Gasteiger partial charge in [0.2, 0.25) is 11.6 Å². The number of carbonyl (C=O) groups is 1. The Hall–Kier alpha value is -1.34. The third kappa shape index (κ3) is 13.3. The molecule has 0 aliphatic heterocycles. The minimum atomic E-state index is 0. The minimum Gasteiger partial charge on any atom is -1.00 e. The first-order valence-corrected chi connectivity index (χ1v) is 14.6. The average molecular weight is 643 g/mol. The molecular weight excluding hydrogens is 595 g/mol. The van der Waals surface area contributed by atoms with Gasteiger partial charge in [0.1, 0.15) is 18.8 Å². The third-order valence-electron chi connectivity index (χ3n) is 6.83. The number of rotatable bonds is 19. The molecule has 2 aromatic rings. The maximum absolute atomic E-state index is 12.5. The monoisotopic (exact) mass is 642 g/mol. The van der Waals surface area contributed by atoms with Gasteiger partial charge in [-0.25, -0.2) is 4.57 Å². The van der Waals surface area contributed by atoms with Gasteiger partial charge in [0.15, 0.2) is 6.20 Å². The van der Waals surface area contributed by atoms with Crippen LogP contribution in [0.25, 0.3) is 0 Å². The van der Waals surface area contributed by atoms with Crippen molar-refractivity contribution in [1.82, 2.24) is 4.90 Å². The van der Waals surface area contributed by atoms with E-state index in [-0.39, 0.29) is 29.9 Å². The Labute approximate surface area is 248 Å². The second-order valence-electron chi connectivity index (χ2n) is 9.82. The highest BCUT2D eigenvalue weighted by atomic mass is 127. The van der Waals surface area contributed by atoms with Gasteiger partial charge in [-0.15, -0.1) is 0 Å². The number of nitrogens with zero attached hydrogens (tertiary/aromatic N) is 2. The van der Waals surface area contributed by atoms with Crippen molar-refractivity contribution in [2.45, 2.75) is 117 Å². The van der Waals surface area contributed by atoms with Gasteiger partial charge in [0.25, 0.3) is 0 Å². The first-order valence-electron chi connectivity index (χ1n) is 14.2. The van der Waals surface area contributed by atoms with Gasteiger partial charge >= 0.3 is 0 Å². The highest BCUT2D eigenvalue weighted by Gasteiger charge is 2.19. The first kappa shape index (κ1) is 33.7. The average Bonchev–Trinajstić information content (AvgIpc) is 2.88. The van der Waals surface area contributed by atoms with Crippen LogP contribution in [0.4, 0.5) is 0 Å². The molecule has 1 aromatic heterocycles. The molecule has 0 atom stereocenters. The minimum absolute atomic E-state index is 0. The van der Waals surface area contributed by atoms with Gasteiger partial charge in [0, 0.05) is 31.2 Å². The topological polar surface area (TPSA) is 33.4 Å². The van der Waals surface area contributed by atoms with E-state index in [0.717, 1.165) is 24.2 Å². The zero-order valence-corrected chi connectivity index (χ0v) is 26.2. The van der Waals surface area contributed by atoms with Gasteiger partial charge in [-0.05, 0) is 19.4 Å². The van der Waals surface area contributed by atoms with E-state index in [1.165, 1.54) is 70.6 Å². The lowest BCUT2D eigenvalue weighted by Crippen LogP contribution is -3.00. The number of para-hydroxylation sites is 1. The molecule has 0 spiro atoms. The smallest absolute Gasteiger partial charge is 0.220 e. The maximum atomic E-state index is 12.5. The van der Waals surface area contributed by atoms with E-state index in [9.17, 15) is 4.79 Å². The van der Waals surface area contributed by atoms with Crippen LogP contribution in [0.3, 0.4) is 0 Å². The van der Waals surface area contributed by atoms with Crippen molar-refractivity contribution in [2.75, 3.05) is 6.61 Å². The van der Waals surface area contributed by atoms with Crippen LogP contribution in [-0.2, 0) is 24.4 Å². The van der Waals surface area contributed by atoms with Crippen LogP contribution < -0.4 is 33.3 Å². The second-order valence-corrected chi connectivity index (χ2v) is 10.2. The summed E-state index contributed by atoms with van der Waals surface area (Å²) in [6.45, 7) is 8.55. The molecule has 0 bridgehead atoms. The summed E-state index contributed by atoms with van der Waals surface area (Å²) in [5, 5.41) is 0.610. The largest absolute Gasteiger partial charge is 1.00 e. The van der Waals surface area contributed by atoms with Crippen molar-refractivity contribution in [3.05, 3.63) is 58.9 Å². The van der Waals surface area contributed by atoms with Gasteiger partial charge < -0.3 is 33.6 Å². The fourth-order valence-electron chi connectivity index (χ4n) is 4.60. The first-order chi connectivity index (χ1) is 17.6. The Morgan fingerprint density at radius 2 is 1.46 bits per heavy atom. The molecule has 2 rings (SSSR count). The van der Waals surface area contributed by atoms with Crippen LogP contribution in [0.1, 0.15) is 109 Å². The summed E-state index contributed by atoms with van der Waals surface area (Å²) in [5.74, 6) is 0.748. The Kier molecular flexibility index (Phi) is 18.8. The van der Waals surface area contributed by atoms with Gasteiger partial charge in [-0.3, -0.25) is 4.79 Å². The number of pyridine rings is 1. The molecule has 1 aromatic carbocycles. The van der Waals surface area contributed by atoms with E-state index in [2.05, 4.69) is 30.7 Å². The van der Waals surface area contributed by atoms with Crippen molar-refractivity contribution in [1.29, 1.82) is 0 Å². The number of benzene rings is 1. The second kappa shape index (κ2) is 20.6. The van der Waals surface area contributed by atoms with Crippen LogP contribution in [0, 0.1) is 0 Å². The van der Waals surface area contributed by atoms with Gasteiger partial charge in [0.05, 0.1) is 11.6 Å². The fourth-order valence-corrected chi connectivity index (χ4v) is 4.85. The number of carbonyl (C=O) groups excluding carboxylic acids is 1. The molecule has 208 valence electrons. The molecule has 1 amide bonds. The van der Waals surface area contributed by atoms with E-state index >= 15 is 0 Å². The number of ether oxygens (including phenoxy) is 1. The number of aromatic nitrogens is 1. The molecule has 0 fully saturated rings. The molecule has 0 aliphatic carbocycles. The van der Waals surface area contributed by atoms with Crippen LogP contribution in [0.5, 0.6) is 5.75 Å². The number of unbranched alkanes of at least 4 members (excludes halogenated alkanes) is 11. The standard InChI is InChI=1S/C31H48ClN2O2.HI/c1-4-6-7-8-9-10-11-12-13-14-15-18-24-36-31-28(20-19-22-30(31)32)25-34(27(3)35)26-29-21-16-17-23-33(29)5-2;/h16-17,19-23H,4-15,18,24-26H2,1-3H3;1H/q+1;/p-1. The lowest BCUT2D eigenvalue weighted by molar-refractivity contribution is -0.701. The zero-order chi connectivity index (χ0) is 26.0. The van der Waals surface area contributed by atoms with Gasteiger partial charge in [-0.1, -0.05) is 107 Å². The van der Waals surface area contributed by atoms with E-state index in [4.69, 9.17) is 16.3 Å². The summed E-state index contributed by atoms with van der Waals surface area (Å²) in [5.41, 5.74) is 2.06.